The fraction of sp³-hybridized carbons (Fsp3) is 0.600. The second-order valence-corrected chi connectivity index (χ2v) is 4.45. The maximum absolute atomic E-state index is 4.11. The normalized spacial score (nSPS) is 17.6. The molecule has 6 heteroatoms. The smallest absolute Gasteiger partial charge is 0.199 e. The lowest BCUT2D eigenvalue weighted by atomic mass is 10.0. The van der Waals surface area contributed by atoms with Crippen molar-refractivity contribution >= 4 is 11.5 Å². The molecule has 1 aliphatic rings. The van der Waals surface area contributed by atoms with Gasteiger partial charge in [-0.2, -0.15) is 4.52 Å². The summed E-state index contributed by atoms with van der Waals surface area (Å²) in [5.41, 5.74) is 1.17. The first kappa shape index (κ1) is 9.50. The Kier molecular flexibility index (Phi) is 2.02. The molecule has 3 rings (SSSR count). The van der Waals surface area contributed by atoms with Gasteiger partial charge in [0, 0.05) is 6.54 Å². The highest BCUT2D eigenvalue weighted by atomic mass is 15.5. The highest BCUT2D eigenvalue weighted by Crippen LogP contribution is 2.48. The molecule has 2 aromatic heterocycles. The van der Waals surface area contributed by atoms with E-state index in [1.807, 2.05) is 0 Å². The molecule has 16 heavy (non-hydrogen) atoms. The Balaban J connectivity index is 1.81. The number of hydrogen-bond donors (Lipinski definition) is 1. The summed E-state index contributed by atoms with van der Waals surface area (Å²) in [6.45, 7) is 3.22. The number of nitrogens with zero attached hydrogens (tertiary/aromatic N) is 5. The van der Waals surface area contributed by atoms with E-state index in [-0.39, 0.29) is 0 Å². The van der Waals surface area contributed by atoms with Crippen LogP contribution in [0.5, 0.6) is 0 Å². The Morgan fingerprint density at radius 1 is 1.44 bits per heavy atom. The summed E-state index contributed by atoms with van der Waals surface area (Å²) >= 11 is 0. The van der Waals surface area contributed by atoms with Crippen molar-refractivity contribution in [2.45, 2.75) is 26.2 Å². The molecule has 1 aliphatic carbocycles. The van der Waals surface area contributed by atoms with E-state index < -0.39 is 0 Å². The molecule has 2 aromatic rings. The second kappa shape index (κ2) is 3.40. The van der Waals surface area contributed by atoms with Gasteiger partial charge in [0.15, 0.2) is 5.65 Å². The molecule has 84 valence electrons. The van der Waals surface area contributed by atoms with E-state index in [0.29, 0.717) is 11.1 Å². The predicted molar refractivity (Wildman–Crippen MR) is 59.0 cm³/mol. The molecule has 0 unspecified atom stereocenters. The van der Waals surface area contributed by atoms with Gasteiger partial charge in [-0.15, -0.1) is 5.10 Å². The van der Waals surface area contributed by atoms with Crippen molar-refractivity contribution < 1.29 is 0 Å². The van der Waals surface area contributed by atoms with Crippen LogP contribution in [0.1, 0.15) is 26.2 Å². The minimum absolute atomic E-state index is 0.496. The molecule has 1 fully saturated rings. The lowest BCUT2D eigenvalue weighted by molar-refractivity contribution is 0.519. The van der Waals surface area contributed by atoms with Crippen LogP contribution in [0.3, 0.4) is 0 Å². The average Bonchev–Trinajstić information content (AvgIpc) is 2.94. The van der Waals surface area contributed by atoms with Crippen molar-refractivity contribution in [3.63, 3.8) is 0 Å². The topological polar surface area (TPSA) is 68.0 Å². The van der Waals surface area contributed by atoms with Gasteiger partial charge >= 0.3 is 0 Å². The van der Waals surface area contributed by atoms with Crippen molar-refractivity contribution in [1.29, 1.82) is 0 Å². The Morgan fingerprint density at radius 2 is 2.31 bits per heavy atom. The van der Waals surface area contributed by atoms with Gasteiger partial charge in [0.05, 0.1) is 12.4 Å². The van der Waals surface area contributed by atoms with Crippen LogP contribution in [0.2, 0.25) is 0 Å². The van der Waals surface area contributed by atoms with Crippen molar-refractivity contribution in [2.24, 2.45) is 5.41 Å². The molecule has 6 nitrogen and oxygen atoms in total. The molecular formula is C10H14N6. The first-order valence-corrected chi connectivity index (χ1v) is 5.59. The molecule has 0 atom stereocenters. The Morgan fingerprint density at radius 3 is 3.06 bits per heavy atom. The minimum Gasteiger partial charge on any atom is -0.368 e. The van der Waals surface area contributed by atoms with Crippen LogP contribution in [-0.2, 0) is 0 Å². The lowest BCUT2D eigenvalue weighted by Gasteiger charge is -2.14. The van der Waals surface area contributed by atoms with Gasteiger partial charge in [-0.1, -0.05) is 6.92 Å². The third-order valence-corrected chi connectivity index (χ3v) is 3.46. The Bertz CT molecular complexity index is 501. The maximum atomic E-state index is 4.11. The number of nitrogens with one attached hydrogen (secondary N) is 1. The zero-order valence-electron chi connectivity index (χ0n) is 9.22. The van der Waals surface area contributed by atoms with E-state index in [1.54, 1.807) is 16.9 Å². The van der Waals surface area contributed by atoms with E-state index in [2.05, 4.69) is 32.7 Å². The van der Waals surface area contributed by atoms with Crippen LogP contribution in [0.4, 0.5) is 5.82 Å². The Hall–Kier alpha value is -1.72. The van der Waals surface area contributed by atoms with Crippen LogP contribution < -0.4 is 5.32 Å². The van der Waals surface area contributed by atoms with Gasteiger partial charge in [-0.05, 0) is 35.1 Å². The molecule has 0 radical (unpaired) electrons. The summed E-state index contributed by atoms with van der Waals surface area (Å²) in [6.07, 6.45) is 7.26. The van der Waals surface area contributed by atoms with Gasteiger partial charge in [-0.25, -0.2) is 0 Å². The number of hydrogen-bond acceptors (Lipinski definition) is 5. The first-order valence-electron chi connectivity index (χ1n) is 5.59. The SMILES string of the molecule is CCC1(CNc2cncc3nnnn23)CC1. The molecule has 0 aromatic carbocycles. The average molecular weight is 218 g/mol. The quantitative estimate of drug-likeness (QED) is 0.832. The third-order valence-electron chi connectivity index (χ3n) is 3.46. The molecule has 0 spiro atoms. The fourth-order valence-electron chi connectivity index (χ4n) is 1.91. The van der Waals surface area contributed by atoms with Gasteiger partial charge in [0.25, 0.3) is 0 Å². The molecule has 0 amide bonds. The van der Waals surface area contributed by atoms with Crippen LogP contribution in [0.15, 0.2) is 12.4 Å². The zero-order valence-corrected chi connectivity index (χ0v) is 9.22. The fourth-order valence-corrected chi connectivity index (χ4v) is 1.91. The highest BCUT2D eigenvalue weighted by Gasteiger charge is 2.40. The van der Waals surface area contributed by atoms with Gasteiger partial charge < -0.3 is 5.32 Å². The predicted octanol–water partition coefficient (Wildman–Crippen LogP) is 1.12. The van der Waals surface area contributed by atoms with E-state index >= 15 is 0 Å². The van der Waals surface area contributed by atoms with Crippen LogP contribution >= 0.6 is 0 Å². The standard InChI is InChI=1S/C10H14N6/c1-2-10(3-4-10)7-12-8-5-11-6-9-13-14-15-16(8)9/h5-6,12H,2-4,7H2,1H3. The van der Waals surface area contributed by atoms with Crippen LogP contribution in [0.25, 0.3) is 5.65 Å². The number of fused-ring (bicyclic) bond motifs is 1. The summed E-state index contributed by atoms with van der Waals surface area (Å²) in [6, 6.07) is 0. The molecule has 0 bridgehead atoms. The molecule has 1 N–H and O–H groups in total. The van der Waals surface area contributed by atoms with Crippen molar-refractivity contribution in [3.8, 4) is 0 Å². The van der Waals surface area contributed by atoms with E-state index in [0.717, 1.165) is 12.4 Å². The number of tetrazole rings is 1. The molecule has 0 aliphatic heterocycles. The molecule has 2 heterocycles. The maximum Gasteiger partial charge on any atom is 0.199 e. The molecule has 1 saturated carbocycles. The van der Waals surface area contributed by atoms with Crippen molar-refractivity contribution in [3.05, 3.63) is 12.4 Å². The van der Waals surface area contributed by atoms with Crippen molar-refractivity contribution in [1.82, 2.24) is 25.0 Å². The van der Waals surface area contributed by atoms with Crippen LogP contribution in [-0.4, -0.2) is 31.6 Å². The third kappa shape index (κ3) is 1.50. The summed E-state index contributed by atoms with van der Waals surface area (Å²) < 4.78 is 1.68. The lowest BCUT2D eigenvalue weighted by Crippen LogP contribution is -2.16. The minimum atomic E-state index is 0.496. The van der Waals surface area contributed by atoms with Gasteiger partial charge in [0.2, 0.25) is 0 Å². The molecule has 0 saturated heterocycles. The number of rotatable bonds is 4. The second-order valence-electron chi connectivity index (χ2n) is 4.45. The monoisotopic (exact) mass is 218 g/mol. The zero-order chi connectivity index (χ0) is 11.0. The van der Waals surface area contributed by atoms with Gasteiger partial charge in [0.1, 0.15) is 5.82 Å². The number of anilines is 1. The highest BCUT2D eigenvalue weighted by molar-refractivity contribution is 5.43. The van der Waals surface area contributed by atoms with Crippen LogP contribution in [0, 0.1) is 5.41 Å². The van der Waals surface area contributed by atoms with E-state index in [1.165, 1.54) is 19.3 Å². The summed E-state index contributed by atoms with van der Waals surface area (Å²) in [7, 11) is 0. The number of aromatic nitrogens is 5. The summed E-state index contributed by atoms with van der Waals surface area (Å²) in [4.78, 5) is 4.11. The largest absolute Gasteiger partial charge is 0.368 e. The first-order chi connectivity index (χ1) is 7.83. The summed E-state index contributed by atoms with van der Waals surface area (Å²) in [5.74, 6) is 0.863. The Labute approximate surface area is 93.1 Å². The van der Waals surface area contributed by atoms with Gasteiger partial charge in [-0.3, -0.25) is 4.98 Å². The van der Waals surface area contributed by atoms with Crippen molar-refractivity contribution in [2.75, 3.05) is 11.9 Å². The van der Waals surface area contributed by atoms with E-state index in [9.17, 15) is 0 Å². The van der Waals surface area contributed by atoms with E-state index in [4.69, 9.17) is 0 Å². The molecular weight excluding hydrogens is 204 g/mol. The summed E-state index contributed by atoms with van der Waals surface area (Å²) in [5, 5.41) is 14.8.